The van der Waals surface area contributed by atoms with Gasteiger partial charge in [0, 0.05) is 31.1 Å². The molecule has 0 spiro atoms. The number of aliphatic hydroxyl groups is 1. The van der Waals surface area contributed by atoms with Gasteiger partial charge in [-0.1, -0.05) is 30.3 Å². The minimum absolute atomic E-state index is 0.0590. The van der Waals surface area contributed by atoms with Crippen LogP contribution in [-0.4, -0.2) is 24.7 Å². The number of hydrogen-bond donors (Lipinski definition) is 4. The van der Waals surface area contributed by atoms with E-state index in [0.29, 0.717) is 12.1 Å². The Morgan fingerprint density at radius 1 is 1.12 bits per heavy atom. The maximum atomic E-state index is 13.6. The number of rotatable bonds is 6. The zero-order chi connectivity index (χ0) is 16.9. The highest BCUT2D eigenvalue weighted by Crippen LogP contribution is 2.24. The molecule has 1 heterocycles. The molecular weight excluding hydrogens is 312 g/mol. The van der Waals surface area contributed by atoms with Crippen LogP contribution in [0.25, 0.3) is 0 Å². The van der Waals surface area contributed by atoms with Gasteiger partial charge in [0.05, 0.1) is 12.1 Å². The summed E-state index contributed by atoms with van der Waals surface area (Å²) < 4.78 is 26.7. The molecule has 3 atom stereocenters. The van der Waals surface area contributed by atoms with Crippen molar-refractivity contribution >= 4 is 0 Å². The summed E-state index contributed by atoms with van der Waals surface area (Å²) in [4.78, 5) is 0. The zero-order valence-electron chi connectivity index (χ0n) is 13.2. The fraction of sp³-hybridized carbons (Fsp3) is 0.333. The first-order valence-electron chi connectivity index (χ1n) is 8.02. The second kappa shape index (κ2) is 7.81. The number of aliphatic hydroxyl groups excluding tert-OH is 1. The second-order valence-corrected chi connectivity index (χ2v) is 6.01. The van der Waals surface area contributed by atoms with Crippen molar-refractivity contribution in [3.63, 3.8) is 0 Å². The molecule has 0 aromatic heterocycles. The van der Waals surface area contributed by atoms with Crippen molar-refractivity contribution in [2.75, 3.05) is 19.6 Å². The molecule has 1 aliphatic rings. The molecular formula is C18H21F2N3O. The van der Waals surface area contributed by atoms with Crippen LogP contribution in [0.2, 0.25) is 0 Å². The molecule has 0 amide bonds. The Balaban J connectivity index is 1.54. The quantitative estimate of drug-likeness (QED) is 0.654. The lowest BCUT2D eigenvalue weighted by molar-refractivity contribution is 0.168. The summed E-state index contributed by atoms with van der Waals surface area (Å²) in [5.74, 6) is -0.420. The molecule has 0 aliphatic carbocycles. The molecule has 1 saturated heterocycles. The van der Waals surface area contributed by atoms with Crippen LogP contribution in [0.5, 0.6) is 0 Å². The summed E-state index contributed by atoms with van der Waals surface area (Å²) in [6, 6.07) is 12.7. The van der Waals surface area contributed by atoms with Crippen LogP contribution in [0.15, 0.2) is 48.5 Å². The SMILES string of the molecule is OC(CNCC1CNNC1c1ccc(F)cc1)c1ccccc1F. The standard InChI is InChI=1S/C18H21F2N3O/c19-14-7-5-12(6-8-14)18-13(10-22-23-18)9-21-11-17(24)15-3-1-2-4-16(15)20/h1-8,13,17-18,21-24H,9-11H2. The molecule has 3 rings (SSSR count). The van der Waals surface area contributed by atoms with Crippen molar-refractivity contribution < 1.29 is 13.9 Å². The third-order valence-corrected chi connectivity index (χ3v) is 4.33. The molecule has 1 aliphatic heterocycles. The van der Waals surface area contributed by atoms with Crippen molar-refractivity contribution in [3.8, 4) is 0 Å². The molecule has 2 aromatic rings. The Morgan fingerprint density at radius 3 is 2.62 bits per heavy atom. The molecule has 128 valence electrons. The average Bonchev–Trinajstić information content (AvgIpc) is 3.04. The third kappa shape index (κ3) is 3.96. The summed E-state index contributed by atoms with van der Waals surface area (Å²) in [6.07, 6.45) is -0.891. The van der Waals surface area contributed by atoms with Gasteiger partial charge < -0.3 is 10.4 Å². The first-order valence-corrected chi connectivity index (χ1v) is 8.02. The van der Waals surface area contributed by atoms with Gasteiger partial charge in [0.2, 0.25) is 0 Å². The molecule has 4 nitrogen and oxygen atoms in total. The molecule has 0 bridgehead atoms. The molecule has 0 radical (unpaired) electrons. The predicted molar refractivity (Wildman–Crippen MR) is 88.0 cm³/mol. The van der Waals surface area contributed by atoms with E-state index in [1.165, 1.54) is 18.2 Å². The van der Waals surface area contributed by atoms with Gasteiger partial charge in [-0.3, -0.25) is 5.43 Å². The summed E-state index contributed by atoms with van der Waals surface area (Å²) >= 11 is 0. The van der Waals surface area contributed by atoms with Gasteiger partial charge >= 0.3 is 0 Å². The normalized spacial score (nSPS) is 21.8. The zero-order valence-corrected chi connectivity index (χ0v) is 13.2. The van der Waals surface area contributed by atoms with Crippen LogP contribution in [0.1, 0.15) is 23.3 Å². The van der Waals surface area contributed by atoms with Gasteiger partial charge in [-0.25, -0.2) is 14.2 Å². The number of nitrogens with one attached hydrogen (secondary N) is 3. The van der Waals surface area contributed by atoms with Crippen molar-refractivity contribution in [1.29, 1.82) is 0 Å². The van der Waals surface area contributed by atoms with E-state index in [2.05, 4.69) is 16.2 Å². The summed E-state index contributed by atoms with van der Waals surface area (Å²) in [7, 11) is 0. The largest absolute Gasteiger partial charge is 0.387 e. The summed E-state index contributed by atoms with van der Waals surface area (Å²) in [5.41, 5.74) is 7.59. The van der Waals surface area contributed by atoms with Crippen LogP contribution < -0.4 is 16.2 Å². The van der Waals surface area contributed by atoms with Gasteiger partial charge in [0.15, 0.2) is 0 Å². The lowest BCUT2D eigenvalue weighted by Gasteiger charge is -2.20. The molecule has 24 heavy (non-hydrogen) atoms. The summed E-state index contributed by atoms with van der Waals surface area (Å²) in [6.45, 7) is 1.67. The van der Waals surface area contributed by atoms with Crippen LogP contribution in [0.4, 0.5) is 8.78 Å². The second-order valence-electron chi connectivity index (χ2n) is 6.01. The van der Waals surface area contributed by atoms with E-state index in [4.69, 9.17) is 0 Å². The van der Waals surface area contributed by atoms with E-state index in [-0.39, 0.29) is 24.3 Å². The van der Waals surface area contributed by atoms with Crippen LogP contribution >= 0.6 is 0 Å². The predicted octanol–water partition coefficient (Wildman–Crippen LogP) is 2.05. The average molecular weight is 333 g/mol. The lowest BCUT2D eigenvalue weighted by atomic mass is 9.95. The topological polar surface area (TPSA) is 56.3 Å². The smallest absolute Gasteiger partial charge is 0.129 e. The molecule has 6 heteroatoms. The van der Waals surface area contributed by atoms with E-state index < -0.39 is 11.9 Å². The first kappa shape index (κ1) is 17.0. The monoisotopic (exact) mass is 333 g/mol. The highest BCUT2D eigenvalue weighted by molar-refractivity contribution is 5.22. The Labute approximate surface area is 139 Å². The van der Waals surface area contributed by atoms with Crippen molar-refractivity contribution in [1.82, 2.24) is 16.2 Å². The van der Waals surface area contributed by atoms with Crippen molar-refractivity contribution in [2.24, 2.45) is 5.92 Å². The number of hydrazine groups is 1. The highest BCUT2D eigenvalue weighted by atomic mass is 19.1. The molecule has 2 aromatic carbocycles. The van der Waals surface area contributed by atoms with Crippen molar-refractivity contribution in [3.05, 3.63) is 71.3 Å². The van der Waals surface area contributed by atoms with Gasteiger partial charge in [0.25, 0.3) is 0 Å². The van der Waals surface area contributed by atoms with Crippen molar-refractivity contribution in [2.45, 2.75) is 12.1 Å². The highest BCUT2D eigenvalue weighted by Gasteiger charge is 2.28. The van der Waals surface area contributed by atoms with E-state index >= 15 is 0 Å². The Morgan fingerprint density at radius 2 is 1.88 bits per heavy atom. The maximum Gasteiger partial charge on any atom is 0.129 e. The molecule has 3 unspecified atom stereocenters. The molecule has 4 N–H and O–H groups in total. The summed E-state index contributed by atoms with van der Waals surface area (Å²) in [5, 5.41) is 13.3. The Bertz CT molecular complexity index is 666. The minimum atomic E-state index is -0.891. The third-order valence-electron chi connectivity index (χ3n) is 4.33. The first-order chi connectivity index (χ1) is 11.6. The van der Waals surface area contributed by atoms with Crippen LogP contribution in [0.3, 0.4) is 0 Å². The van der Waals surface area contributed by atoms with Gasteiger partial charge in [-0.05, 0) is 23.8 Å². The van der Waals surface area contributed by atoms with E-state index in [1.54, 1.807) is 30.3 Å². The maximum absolute atomic E-state index is 13.6. The Hall–Kier alpha value is -1.86. The van der Waals surface area contributed by atoms with E-state index in [9.17, 15) is 13.9 Å². The van der Waals surface area contributed by atoms with E-state index in [1.807, 2.05) is 0 Å². The van der Waals surface area contributed by atoms with E-state index in [0.717, 1.165) is 12.1 Å². The molecule has 0 saturated carbocycles. The van der Waals surface area contributed by atoms with Gasteiger partial charge in [0.1, 0.15) is 11.6 Å². The fourth-order valence-electron chi connectivity index (χ4n) is 3.01. The number of halogens is 2. The molecule has 1 fully saturated rings. The fourth-order valence-corrected chi connectivity index (χ4v) is 3.01. The van der Waals surface area contributed by atoms with Crippen LogP contribution in [0, 0.1) is 17.6 Å². The van der Waals surface area contributed by atoms with Crippen LogP contribution in [-0.2, 0) is 0 Å². The van der Waals surface area contributed by atoms with Gasteiger partial charge in [-0.15, -0.1) is 0 Å². The van der Waals surface area contributed by atoms with Gasteiger partial charge in [-0.2, -0.15) is 0 Å². The number of hydrogen-bond acceptors (Lipinski definition) is 4. The Kier molecular flexibility index (Phi) is 5.52. The lowest BCUT2D eigenvalue weighted by Crippen LogP contribution is -2.31. The number of benzene rings is 2. The minimum Gasteiger partial charge on any atom is -0.387 e.